The maximum atomic E-state index is 13.4. The molecular formula is C12H15FN2O4S. The minimum atomic E-state index is -3.84. The largest absolute Gasteiger partial charge is 0.306 e. The Morgan fingerprint density at radius 3 is 2.55 bits per heavy atom. The fraction of sp³-hybridized carbons (Fsp3) is 0.500. The number of nitro groups is 1. The number of hydrogen-bond acceptors (Lipinski definition) is 4. The molecule has 0 unspecified atom stereocenters. The predicted molar refractivity (Wildman–Crippen MR) is 70.3 cm³/mol. The third kappa shape index (κ3) is 2.80. The molecule has 1 saturated carbocycles. The van der Waals surface area contributed by atoms with E-state index in [1.54, 1.807) is 0 Å². The van der Waals surface area contributed by atoms with Crippen LogP contribution >= 0.6 is 0 Å². The van der Waals surface area contributed by atoms with Gasteiger partial charge in [0.25, 0.3) is 0 Å². The van der Waals surface area contributed by atoms with Crippen LogP contribution in [0.3, 0.4) is 0 Å². The lowest BCUT2D eigenvalue weighted by Crippen LogP contribution is -2.29. The van der Waals surface area contributed by atoms with E-state index in [2.05, 4.69) is 0 Å². The minimum absolute atomic E-state index is 0.163. The van der Waals surface area contributed by atoms with Crippen molar-refractivity contribution in [1.82, 2.24) is 4.31 Å². The second-order valence-electron chi connectivity index (χ2n) is 5.06. The summed E-state index contributed by atoms with van der Waals surface area (Å²) in [7, 11) is -2.40. The molecular weight excluding hydrogens is 287 g/mol. The van der Waals surface area contributed by atoms with E-state index in [0.717, 1.165) is 25.0 Å². The standard InChI is InChI=1S/C12H15FN2O4S/c1-8-5-10(13)11(15(16)17)6-12(8)20(18,19)14(2)7-9-3-4-9/h5-6,9H,3-4,7H2,1-2H3. The first-order valence-corrected chi connectivity index (χ1v) is 7.58. The number of aryl methyl sites for hydroxylation is 1. The zero-order valence-electron chi connectivity index (χ0n) is 11.2. The Kier molecular flexibility index (Phi) is 3.79. The summed E-state index contributed by atoms with van der Waals surface area (Å²) in [6, 6.07) is 1.68. The number of hydrogen-bond donors (Lipinski definition) is 0. The number of nitro benzene ring substituents is 1. The first-order valence-electron chi connectivity index (χ1n) is 6.14. The van der Waals surface area contributed by atoms with Crippen LogP contribution in [0.2, 0.25) is 0 Å². The molecule has 20 heavy (non-hydrogen) atoms. The Labute approximate surface area is 116 Å². The normalized spacial score (nSPS) is 15.6. The second-order valence-corrected chi connectivity index (χ2v) is 7.07. The van der Waals surface area contributed by atoms with E-state index in [1.165, 1.54) is 18.3 Å². The van der Waals surface area contributed by atoms with Crippen LogP contribution in [0, 0.1) is 28.8 Å². The van der Waals surface area contributed by atoms with Gasteiger partial charge in [-0.15, -0.1) is 0 Å². The predicted octanol–water partition coefficient (Wildman–Crippen LogP) is 2.07. The summed E-state index contributed by atoms with van der Waals surface area (Å²) >= 11 is 0. The topological polar surface area (TPSA) is 80.5 Å². The van der Waals surface area contributed by atoms with E-state index in [1.807, 2.05) is 0 Å². The molecule has 8 heteroatoms. The molecule has 0 bridgehead atoms. The van der Waals surface area contributed by atoms with Crippen molar-refractivity contribution in [3.8, 4) is 0 Å². The molecule has 0 aromatic heterocycles. The van der Waals surface area contributed by atoms with E-state index in [0.29, 0.717) is 12.5 Å². The van der Waals surface area contributed by atoms with Crippen molar-refractivity contribution in [2.45, 2.75) is 24.7 Å². The fourth-order valence-corrected chi connectivity index (χ4v) is 3.46. The Bertz CT molecular complexity index is 656. The molecule has 1 fully saturated rings. The molecule has 0 aliphatic heterocycles. The summed E-state index contributed by atoms with van der Waals surface area (Å²) in [5.41, 5.74) is -0.662. The van der Waals surface area contributed by atoms with Gasteiger partial charge in [-0.05, 0) is 37.3 Å². The van der Waals surface area contributed by atoms with Gasteiger partial charge in [-0.25, -0.2) is 12.7 Å². The van der Waals surface area contributed by atoms with E-state index in [4.69, 9.17) is 0 Å². The SMILES string of the molecule is Cc1cc(F)c([N+](=O)[O-])cc1S(=O)(=O)N(C)CC1CC1. The molecule has 1 aliphatic rings. The first kappa shape index (κ1) is 14.9. The quantitative estimate of drug-likeness (QED) is 0.616. The Balaban J connectivity index is 2.44. The van der Waals surface area contributed by atoms with Gasteiger partial charge in [-0.1, -0.05) is 0 Å². The second kappa shape index (κ2) is 5.10. The highest BCUT2D eigenvalue weighted by Gasteiger charge is 2.31. The van der Waals surface area contributed by atoms with Gasteiger partial charge in [0.2, 0.25) is 15.8 Å². The van der Waals surface area contributed by atoms with Crippen molar-refractivity contribution >= 4 is 15.7 Å². The third-order valence-corrected chi connectivity index (χ3v) is 5.31. The summed E-state index contributed by atoms with van der Waals surface area (Å²) in [6.07, 6.45) is 1.98. The number of rotatable bonds is 5. The van der Waals surface area contributed by atoms with Crippen LogP contribution in [0.25, 0.3) is 0 Å². The molecule has 1 aromatic carbocycles. The molecule has 1 aromatic rings. The van der Waals surface area contributed by atoms with Gasteiger partial charge in [0.1, 0.15) is 0 Å². The monoisotopic (exact) mass is 302 g/mol. The van der Waals surface area contributed by atoms with Crippen LogP contribution < -0.4 is 0 Å². The van der Waals surface area contributed by atoms with Crippen molar-refractivity contribution in [3.05, 3.63) is 33.6 Å². The molecule has 1 aliphatic carbocycles. The summed E-state index contributed by atoms with van der Waals surface area (Å²) < 4.78 is 39.4. The van der Waals surface area contributed by atoms with Gasteiger partial charge >= 0.3 is 5.69 Å². The third-order valence-electron chi connectivity index (χ3n) is 3.34. The Hall–Kier alpha value is -1.54. The molecule has 0 radical (unpaired) electrons. The maximum Gasteiger partial charge on any atom is 0.306 e. The van der Waals surface area contributed by atoms with Crippen LogP contribution in [0.15, 0.2) is 17.0 Å². The lowest BCUT2D eigenvalue weighted by Gasteiger charge is -2.18. The molecule has 0 atom stereocenters. The lowest BCUT2D eigenvalue weighted by molar-refractivity contribution is -0.387. The highest BCUT2D eigenvalue weighted by atomic mass is 32.2. The van der Waals surface area contributed by atoms with Crippen LogP contribution in [0.1, 0.15) is 18.4 Å². The number of nitrogens with zero attached hydrogens (tertiary/aromatic N) is 2. The fourth-order valence-electron chi connectivity index (χ4n) is 1.99. The maximum absolute atomic E-state index is 13.4. The van der Waals surface area contributed by atoms with E-state index in [-0.39, 0.29) is 10.5 Å². The summed E-state index contributed by atoms with van der Waals surface area (Å²) in [5.74, 6) is -0.679. The van der Waals surface area contributed by atoms with Crippen LogP contribution in [0.5, 0.6) is 0 Å². The van der Waals surface area contributed by atoms with Crippen LogP contribution in [0.4, 0.5) is 10.1 Å². The van der Waals surface area contributed by atoms with Gasteiger partial charge in [-0.3, -0.25) is 10.1 Å². The summed E-state index contributed by atoms with van der Waals surface area (Å²) in [5, 5.41) is 10.7. The zero-order valence-corrected chi connectivity index (χ0v) is 12.0. The van der Waals surface area contributed by atoms with Gasteiger partial charge in [0, 0.05) is 19.7 Å². The van der Waals surface area contributed by atoms with Crippen molar-refractivity contribution in [3.63, 3.8) is 0 Å². The highest BCUT2D eigenvalue weighted by molar-refractivity contribution is 7.89. The van der Waals surface area contributed by atoms with Gasteiger partial charge in [0.05, 0.1) is 9.82 Å². The summed E-state index contributed by atoms with van der Waals surface area (Å²) in [4.78, 5) is 9.59. The number of sulfonamides is 1. The average molecular weight is 302 g/mol. The molecule has 0 spiro atoms. The molecule has 0 saturated heterocycles. The van der Waals surface area contributed by atoms with Crippen molar-refractivity contribution < 1.29 is 17.7 Å². The molecule has 0 amide bonds. The number of benzene rings is 1. The molecule has 0 N–H and O–H groups in total. The van der Waals surface area contributed by atoms with E-state index in [9.17, 15) is 22.9 Å². The van der Waals surface area contributed by atoms with Crippen molar-refractivity contribution in [2.75, 3.05) is 13.6 Å². The number of halogens is 1. The molecule has 110 valence electrons. The zero-order chi connectivity index (χ0) is 15.1. The van der Waals surface area contributed by atoms with Crippen LogP contribution in [-0.4, -0.2) is 31.2 Å². The first-order chi connectivity index (χ1) is 9.23. The van der Waals surface area contributed by atoms with Crippen molar-refractivity contribution in [2.24, 2.45) is 5.92 Å². The van der Waals surface area contributed by atoms with Gasteiger partial charge < -0.3 is 0 Å². The summed E-state index contributed by atoms with van der Waals surface area (Å²) in [6.45, 7) is 1.80. The lowest BCUT2D eigenvalue weighted by atomic mass is 10.2. The molecule has 6 nitrogen and oxygen atoms in total. The molecule has 0 heterocycles. The van der Waals surface area contributed by atoms with Crippen LogP contribution in [-0.2, 0) is 10.0 Å². The smallest absolute Gasteiger partial charge is 0.258 e. The van der Waals surface area contributed by atoms with Gasteiger partial charge in [-0.2, -0.15) is 4.39 Å². The van der Waals surface area contributed by atoms with Gasteiger partial charge in [0.15, 0.2) is 0 Å². The molecule has 2 rings (SSSR count). The van der Waals surface area contributed by atoms with E-state index >= 15 is 0 Å². The Morgan fingerprint density at radius 2 is 2.05 bits per heavy atom. The highest BCUT2D eigenvalue weighted by Crippen LogP contribution is 2.32. The van der Waals surface area contributed by atoms with E-state index < -0.39 is 26.5 Å². The Morgan fingerprint density at radius 1 is 1.45 bits per heavy atom. The average Bonchev–Trinajstić information content (AvgIpc) is 3.11. The minimum Gasteiger partial charge on any atom is -0.258 e. The van der Waals surface area contributed by atoms with Crippen molar-refractivity contribution in [1.29, 1.82) is 0 Å².